The Bertz CT molecular complexity index is 530. The fourth-order valence-corrected chi connectivity index (χ4v) is 2.14. The summed E-state index contributed by atoms with van der Waals surface area (Å²) in [5.41, 5.74) is 0.296. The second-order valence-corrected chi connectivity index (χ2v) is 4.54. The molecule has 2 nitrogen and oxygen atoms in total. The molecule has 5 heteroatoms. The first-order chi connectivity index (χ1) is 7.15. The normalized spacial score (nSPS) is 10.7. The number of halogens is 3. The summed E-state index contributed by atoms with van der Waals surface area (Å²) in [4.78, 5) is 4.02. The minimum Gasteiger partial charge on any atom is -0.496 e. The Labute approximate surface area is 103 Å². The molecule has 0 aliphatic heterocycles. The number of benzene rings is 1. The van der Waals surface area contributed by atoms with Gasteiger partial charge in [0.2, 0.25) is 0 Å². The number of methoxy groups -OCH3 is 1. The minimum absolute atomic E-state index is 0.296. The average molecular weight is 335 g/mol. The van der Waals surface area contributed by atoms with E-state index in [-0.39, 0.29) is 5.82 Å². The molecule has 2 aromatic rings. The Morgan fingerprint density at radius 2 is 2.07 bits per heavy atom. The Morgan fingerprint density at radius 3 is 2.73 bits per heavy atom. The van der Waals surface area contributed by atoms with Crippen LogP contribution in [0.4, 0.5) is 4.39 Å². The van der Waals surface area contributed by atoms with Crippen LogP contribution in [-0.4, -0.2) is 12.1 Å². The van der Waals surface area contributed by atoms with Crippen molar-refractivity contribution < 1.29 is 9.13 Å². The van der Waals surface area contributed by atoms with Crippen molar-refractivity contribution in [3.63, 3.8) is 0 Å². The molecule has 15 heavy (non-hydrogen) atoms. The molecule has 0 aliphatic carbocycles. The lowest BCUT2D eigenvalue weighted by Crippen LogP contribution is -1.91. The molecule has 0 atom stereocenters. The fourth-order valence-electron chi connectivity index (χ4n) is 1.35. The van der Waals surface area contributed by atoms with Crippen LogP contribution in [0.1, 0.15) is 0 Å². The molecule has 0 spiro atoms. The molecule has 0 fully saturated rings. The molecule has 0 N–H and O–H groups in total. The van der Waals surface area contributed by atoms with E-state index in [1.807, 2.05) is 0 Å². The first kappa shape index (κ1) is 10.8. The molecular weight excluding hydrogens is 329 g/mol. The van der Waals surface area contributed by atoms with E-state index in [4.69, 9.17) is 4.74 Å². The highest BCUT2D eigenvalue weighted by Crippen LogP contribution is 2.36. The minimum atomic E-state index is -0.362. The Balaban J connectivity index is 2.95. The van der Waals surface area contributed by atoms with Crippen LogP contribution in [0.3, 0.4) is 0 Å². The number of ether oxygens (including phenoxy) is 1. The van der Waals surface area contributed by atoms with E-state index < -0.39 is 0 Å². The molecule has 0 aliphatic rings. The highest BCUT2D eigenvalue weighted by atomic mass is 79.9. The van der Waals surface area contributed by atoms with Gasteiger partial charge < -0.3 is 4.74 Å². The summed E-state index contributed by atoms with van der Waals surface area (Å²) in [5, 5.41) is 0.631. The van der Waals surface area contributed by atoms with Gasteiger partial charge in [-0.05, 0) is 44.0 Å². The van der Waals surface area contributed by atoms with Crippen molar-refractivity contribution in [2.24, 2.45) is 0 Å². The van der Waals surface area contributed by atoms with Crippen LogP contribution in [0.25, 0.3) is 10.9 Å². The molecule has 0 saturated heterocycles. The van der Waals surface area contributed by atoms with Crippen LogP contribution in [0.15, 0.2) is 27.3 Å². The van der Waals surface area contributed by atoms with Crippen LogP contribution in [0.5, 0.6) is 5.75 Å². The van der Waals surface area contributed by atoms with Crippen molar-refractivity contribution in [2.75, 3.05) is 7.11 Å². The topological polar surface area (TPSA) is 22.1 Å². The largest absolute Gasteiger partial charge is 0.496 e. The zero-order valence-corrected chi connectivity index (χ0v) is 10.9. The van der Waals surface area contributed by atoms with Crippen LogP contribution < -0.4 is 4.74 Å². The van der Waals surface area contributed by atoms with Gasteiger partial charge in [0.05, 0.1) is 17.0 Å². The lowest BCUT2D eigenvalue weighted by molar-refractivity contribution is 0.419. The summed E-state index contributed by atoms with van der Waals surface area (Å²) >= 11 is 6.69. The standard InChI is InChI=1S/C10H6Br2FNO/c1-15-7-3-2-6(13)10-8(7)9(12)5(11)4-14-10/h2-4H,1H3. The third-order valence-electron chi connectivity index (χ3n) is 2.05. The van der Waals surface area contributed by atoms with E-state index in [2.05, 4.69) is 36.8 Å². The molecule has 78 valence electrons. The number of aromatic nitrogens is 1. The molecule has 1 aromatic heterocycles. The number of nitrogens with zero attached hydrogens (tertiary/aromatic N) is 1. The summed E-state index contributed by atoms with van der Waals surface area (Å²) in [6, 6.07) is 2.92. The molecule has 2 rings (SSSR count). The van der Waals surface area contributed by atoms with Gasteiger partial charge in [0.15, 0.2) is 0 Å². The Kier molecular flexibility index (Phi) is 2.93. The number of hydrogen-bond acceptors (Lipinski definition) is 2. The molecule has 0 radical (unpaired) electrons. The first-order valence-corrected chi connectivity index (χ1v) is 5.70. The third-order valence-corrected chi connectivity index (χ3v) is 4.00. The lowest BCUT2D eigenvalue weighted by Gasteiger charge is -2.08. The number of hydrogen-bond donors (Lipinski definition) is 0. The van der Waals surface area contributed by atoms with Gasteiger partial charge >= 0.3 is 0 Å². The van der Waals surface area contributed by atoms with Crippen molar-refractivity contribution in [3.8, 4) is 5.75 Å². The predicted molar refractivity (Wildman–Crippen MR) is 63.7 cm³/mol. The lowest BCUT2D eigenvalue weighted by atomic mass is 10.2. The molecular formula is C10H6Br2FNO. The van der Waals surface area contributed by atoms with Crippen molar-refractivity contribution >= 4 is 42.8 Å². The van der Waals surface area contributed by atoms with Gasteiger partial charge in [-0.2, -0.15) is 0 Å². The monoisotopic (exact) mass is 333 g/mol. The van der Waals surface area contributed by atoms with E-state index in [0.29, 0.717) is 16.7 Å². The van der Waals surface area contributed by atoms with Crippen LogP contribution >= 0.6 is 31.9 Å². The summed E-state index contributed by atoms with van der Waals surface area (Å²) in [6.45, 7) is 0. The van der Waals surface area contributed by atoms with Gasteiger partial charge in [0.1, 0.15) is 17.1 Å². The summed E-state index contributed by atoms with van der Waals surface area (Å²) in [7, 11) is 1.54. The molecule has 1 heterocycles. The second kappa shape index (κ2) is 4.06. The molecule has 1 aromatic carbocycles. The second-order valence-electron chi connectivity index (χ2n) is 2.89. The van der Waals surface area contributed by atoms with Crippen molar-refractivity contribution in [2.45, 2.75) is 0 Å². The van der Waals surface area contributed by atoms with Crippen molar-refractivity contribution in [3.05, 3.63) is 33.1 Å². The summed E-state index contributed by atoms with van der Waals surface area (Å²) in [5.74, 6) is 0.228. The first-order valence-electron chi connectivity index (χ1n) is 4.11. The Morgan fingerprint density at radius 1 is 1.33 bits per heavy atom. The quantitative estimate of drug-likeness (QED) is 0.789. The number of pyridine rings is 1. The SMILES string of the molecule is COc1ccc(F)c2ncc(Br)c(Br)c12. The van der Waals surface area contributed by atoms with Gasteiger partial charge in [-0.1, -0.05) is 0 Å². The van der Waals surface area contributed by atoms with Gasteiger partial charge in [-0.3, -0.25) is 4.98 Å². The van der Waals surface area contributed by atoms with Gasteiger partial charge in [0, 0.05) is 10.7 Å². The number of rotatable bonds is 1. The Hall–Kier alpha value is -0.680. The summed E-state index contributed by atoms with van der Waals surface area (Å²) < 4.78 is 20.1. The zero-order chi connectivity index (χ0) is 11.0. The van der Waals surface area contributed by atoms with E-state index in [9.17, 15) is 4.39 Å². The maximum absolute atomic E-state index is 13.5. The van der Waals surface area contributed by atoms with E-state index in [0.717, 1.165) is 8.95 Å². The van der Waals surface area contributed by atoms with Crippen molar-refractivity contribution in [1.82, 2.24) is 4.98 Å². The summed E-state index contributed by atoms with van der Waals surface area (Å²) in [6.07, 6.45) is 1.55. The maximum Gasteiger partial charge on any atom is 0.149 e. The highest BCUT2D eigenvalue weighted by molar-refractivity contribution is 9.13. The van der Waals surface area contributed by atoms with Crippen LogP contribution in [-0.2, 0) is 0 Å². The molecule has 0 bridgehead atoms. The van der Waals surface area contributed by atoms with E-state index >= 15 is 0 Å². The third kappa shape index (κ3) is 1.74. The average Bonchev–Trinajstić information content (AvgIpc) is 2.24. The van der Waals surface area contributed by atoms with Gasteiger partial charge in [-0.25, -0.2) is 4.39 Å². The van der Waals surface area contributed by atoms with Crippen LogP contribution in [0.2, 0.25) is 0 Å². The van der Waals surface area contributed by atoms with Crippen molar-refractivity contribution in [1.29, 1.82) is 0 Å². The number of fused-ring (bicyclic) bond motifs is 1. The predicted octanol–water partition coefficient (Wildman–Crippen LogP) is 3.91. The fraction of sp³-hybridized carbons (Fsp3) is 0.100. The van der Waals surface area contributed by atoms with Gasteiger partial charge in [0.25, 0.3) is 0 Å². The molecule has 0 saturated carbocycles. The molecule has 0 amide bonds. The smallest absolute Gasteiger partial charge is 0.149 e. The zero-order valence-electron chi connectivity index (χ0n) is 7.72. The van der Waals surface area contributed by atoms with Crippen LogP contribution in [0, 0.1) is 5.82 Å². The maximum atomic E-state index is 13.5. The highest BCUT2D eigenvalue weighted by Gasteiger charge is 2.12. The van der Waals surface area contributed by atoms with E-state index in [1.165, 1.54) is 6.07 Å². The molecule has 0 unspecified atom stereocenters. The van der Waals surface area contributed by atoms with Gasteiger partial charge in [-0.15, -0.1) is 0 Å². The van der Waals surface area contributed by atoms with E-state index in [1.54, 1.807) is 19.4 Å².